The summed E-state index contributed by atoms with van der Waals surface area (Å²) in [6.07, 6.45) is 0.174. The van der Waals surface area contributed by atoms with Crippen LogP contribution in [0.5, 0.6) is 11.5 Å². The van der Waals surface area contributed by atoms with E-state index in [0.717, 1.165) is 0 Å². The fourth-order valence-electron chi connectivity index (χ4n) is 4.42. The van der Waals surface area contributed by atoms with E-state index in [1.54, 1.807) is 12.1 Å². The van der Waals surface area contributed by atoms with Gasteiger partial charge in [0.25, 0.3) is 0 Å². The van der Waals surface area contributed by atoms with Crippen molar-refractivity contribution in [1.29, 1.82) is 0 Å². The van der Waals surface area contributed by atoms with E-state index in [-0.39, 0.29) is 42.2 Å². The van der Waals surface area contributed by atoms with Gasteiger partial charge in [0.05, 0.1) is 12.3 Å². The van der Waals surface area contributed by atoms with Crippen molar-refractivity contribution in [2.24, 2.45) is 11.5 Å². The van der Waals surface area contributed by atoms with Crippen LogP contribution < -0.4 is 26.2 Å². The minimum absolute atomic E-state index is 0.0596. The van der Waals surface area contributed by atoms with Crippen LogP contribution in [-0.4, -0.2) is 82.4 Å². The third-order valence-corrected chi connectivity index (χ3v) is 6.16. The summed E-state index contributed by atoms with van der Waals surface area (Å²) in [5.74, 6) is -3.02. The summed E-state index contributed by atoms with van der Waals surface area (Å²) in [6, 6.07) is 3.26. The SMILES string of the molecule is CC(N)(CN1CC(Oc2ccc3c(c2C(=O)O)O[B-](O)(O)[C@H]2C[C@@H]32)C1)C(=O)NCC(N)=O. The van der Waals surface area contributed by atoms with Crippen molar-refractivity contribution in [3.05, 3.63) is 23.3 Å². The number of amides is 2. The predicted octanol–water partition coefficient (Wildman–Crippen LogP) is -2.06. The van der Waals surface area contributed by atoms with Crippen LogP contribution in [-0.2, 0) is 9.59 Å². The third kappa shape index (κ3) is 4.11. The Morgan fingerprint density at radius 1 is 1.34 bits per heavy atom. The Morgan fingerprint density at radius 2 is 2.03 bits per heavy atom. The van der Waals surface area contributed by atoms with Gasteiger partial charge in [0.1, 0.15) is 23.0 Å². The molecule has 0 radical (unpaired) electrons. The number of primary amides is 1. The topological polar surface area (TPSA) is 198 Å². The van der Waals surface area contributed by atoms with Crippen LogP contribution in [0.4, 0.5) is 0 Å². The van der Waals surface area contributed by atoms with E-state index in [4.69, 9.17) is 20.9 Å². The lowest BCUT2D eigenvalue weighted by Crippen LogP contribution is -2.64. The minimum Gasteiger partial charge on any atom is -0.669 e. The Labute approximate surface area is 183 Å². The molecule has 0 aromatic heterocycles. The zero-order valence-corrected chi connectivity index (χ0v) is 17.5. The van der Waals surface area contributed by atoms with E-state index < -0.39 is 35.9 Å². The van der Waals surface area contributed by atoms with Crippen LogP contribution in [0.2, 0.25) is 5.82 Å². The smallest absolute Gasteiger partial charge is 0.434 e. The monoisotopic (exact) mass is 449 g/mol. The van der Waals surface area contributed by atoms with Gasteiger partial charge >= 0.3 is 12.7 Å². The van der Waals surface area contributed by atoms with Gasteiger partial charge in [0.2, 0.25) is 11.8 Å². The highest BCUT2D eigenvalue weighted by molar-refractivity contribution is 6.62. The molecule has 3 aliphatic rings. The molecule has 2 amide bonds. The average molecular weight is 449 g/mol. The number of nitrogens with zero attached hydrogens (tertiary/aromatic N) is 1. The van der Waals surface area contributed by atoms with E-state index in [1.165, 1.54) is 6.92 Å². The second-order valence-corrected chi connectivity index (χ2v) is 9.05. The van der Waals surface area contributed by atoms with E-state index in [2.05, 4.69) is 5.32 Å². The molecule has 13 heteroatoms. The number of carboxylic acids is 1. The number of likely N-dealkylation sites (tertiary alicyclic amines) is 1. The zero-order chi connectivity index (χ0) is 23.4. The van der Waals surface area contributed by atoms with E-state index in [0.29, 0.717) is 25.1 Å². The predicted molar refractivity (Wildman–Crippen MR) is 111 cm³/mol. The number of nitrogens with one attached hydrogen (secondary N) is 1. The maximum atomic E-state index is 12.1. The lowest BCUT2D eigenvalue weighted by molar-refractivity contribution is -0.129. The first kappa shape index (κ1) is 22.3. The number of carbonyl (C=O) groups is 3. The van der Waals surface area contributed by atoms with Crippen LogP contribution >= 0.6 is 0 Å². The Balaban J connectivity index is 1.40. The van der Waals surface area contributed by atoms with Crippen molar-refractivity contribution >= 4 is 24.5 Å². The highest BCUT2D eigenvalue weighted by atomic mass is 16.6. The normalized spacial score (nSPS) is 25.2. The molecule has 32 heavy (non-hydrogen) atoms. The van der Waals surface area contributed by atoms with Crippen LogP contribution in [0.25, 0.3) is 0 Å². The minimum atomic E-state index is -3.11. The number of rotatable bonds is 8. The molecule has 8 N–H and O–H groups in total. The Kier molecular flexibility index (Phi) is 5.32. The number of nitrogens with two attached hydrogens (primary N) is 2. The number of benzene rings is 1. The summed E-state index contributed by atoms with van der Waals surface area (Å²) in [5, 5.41) is 32.3. The summed E-state index contributed by atoms with van der Waals surface area (Å²) >= 11 is 0. The summed E-state index contributed by atoms with van der Waals surface area (Å²) in [7, 11) is 0. The first-order chi connectivity index (χ1) is 14.9. The molecular weight excluding hydrogens is 423 g/mol. The second-order valence-electron chi connectivity index (χ2n) is 9.05. The quantitative estimate of drug-likeness (QED) is 0.240. The summed E-state index contributed by atoms with van der Waals surface area (Å²) < 4.78 is 11.1. The molecule has 2 aliphatic heterocycles. The molecule has 1 unspecified atom stereocenters. The molecule has 174 valence electrons. The van der Waals surface area contributed by atoms with Crippen LogP contribution in [0.15, 0.2) is 12.1 Å². The van der Waals surface area contributed by atoms with Gasteiger partial charge in [-0.25, -0.2) is 4.79 Å². The molecule has 3 atom stereocenters. The molecular formula is C19H26BN4O8-. The van der Waals surface area contributed by atoms with Gasteiger partial charge in [-0.05, 0) is 24.5 Å². The highest BCUT2D eigenvalue weighted by Gasteiger charge is 2.55. The maximum absolute atomic E-state index is 12.1. The lowest BCUT2D eigenvalue weighted by Gasteiger charge is -2.43. The number of hydrogen-bond donors (Lipinski definition) is 6. The third-order valence-electron chi connectivity index (χ3n) is 6.16. The summed E-state index contributed by atoms with van der Waals surface area (Å²) in [5.41, 5.74) is 10.2. The standard InChI is InChI=1S/C19H26BN4O8/c1-19(22,18(28)23-5-14(21)25)8-24-6-9(7-24)31-13-3-2-10-11-4-12(11)20(29,30)32-16(10)15(13)17(26)27/h2-3,9,11-12,29-30H,4-8,22H2,1H3,(H2,21,25)(H,23,28)(H,26,27)/q-1/t11-,12-,19?/m0/s1. The van der Waals surface area contributed by atoms with E-state index in [9.17, 15) is 29.5 Å². The molecule has 12 nitrogen and oxygen atoms in total. The zero-order valence-electron chi connectivity index (χ0n) is 17.5. The van der Waals surface area contributed by atoms with Crippen molar-refractivity contribution in [3.8, 4) is 11.5 Å². The number of fused-ring (bicyclic) bond motifs is 3. The molecule has 0 bridgehead atoms. The first-order valence-electron chi connectivity index (χ1n) is 10.3. The number of aromatic carboxylic acids is 1. The molecule has 0 spiro atoms. The van der Waals surface area contributed by atoms with Crippen LogP contribution in [0.3, 0.4) is 0 Å². The molecule has 1 aromatic rings. The Bertz CT molecular complexity index is 978. The molecule has 2 fully saturated rings. The van der Waals surface area contributed by atoms with Gasteiger partial charge in [-0.3, -0.25) is 14.5 Å². The first-order valence-corrected chi connectivity index (χ1v) is 10.3. The fourth-order valence-corrected chi connectivity index (χ4v) is 4.42. The number of carbonyl (C=O) groups excluding carboxylic acids is 2. The maximum Gasteiger partial charge on any atom is 0.434 e. The van der Waals surface area contributed by atoms with Gasteiger partial charge in [-0.2, -0.15) is 0 Å². The van der Waals surface area contributed by atoms with Crippen molar-refractivity contribution in [2.45, 2.75) is 36.7 Å². The molecule has 4 rings (SSSR count). The van der Waals surface area contributed by atoms with E-state index in [1.807, 2.05) is 4.90 Å². The average Bonchev–Trinajstić information content (AvgIpc) is 3.45. The molecule has 2 heterocycles. The molecule has 1 saturated heterocycles. The molecule has 1 aliphatic carbocycles. The van der Waals surface area contributed by atoms with Gasteiger partial charge in [-0.1, -0.05) is 18.3 Å². The van der Waals surface area contributed by atoms with E-state index >= 15 is 0 Å². The summed E-state index contributed by atoms with van der Waals surface area (Å²) in [4.78, 5) is 36.7. The van der Waals surface area contributed by atoms with Gasteiger partial charge < -0.3 is 41.3 Å². The Hall–Kier alpha value is -2.87. The van der Waals surface area contributed by atoms with Crippen molar-refractivity contribution in [2.75, 3.05) is 26.2 Å². The number of hydrogen-bond acceptors (Lipinski definition) is 9. The van der Waals surface area contributed by atoms with Gasteiger partial charge in [0.15, 0.2) is 0 Å². The van der Waals surface area contributed by atoms with Crippen molar-refractivity contribution in [1.82, 2.24) is 10.2 Å². The molecule has 1 aromatic carbocycles. The van der Waals surface area contributed by atoms with Crippen molar-refractivity contribution < 1.29 is 38.9 Å². The highest BCUT2D eigenvalue weighted by Crippen LogP contribution is 2.63. The van der Waals surface area contributed by atoms with Crippen LogP contribution in [0.1, 0.15) is 35.2 Å². The summed E-state index contributed by atoms with van der Waals surface area (Å²) in [6.45, 7) is -0.903. The Morgan fingerprint density at radius 3 is 2.66 bits per heavy atom. The fraction of sp³-hybridized carbons (Fsp3) is 0.526. The largest absolute Gasteiger partial charge is 0.669 e. The van der Waals surface area contributed by atoms with Crippen molar-refractivity contribution in [3.63, 3.8) is 0 Å². The lowest BCUT2D eigenvalue weighted by atomic mass is 9.68. The number of ether oxygens (including phenoxy) is 1. The van der Waals surface area contributed by atoms with Gasteiger partial charge in [-0.15, -0.1) is 0 Å². The number of carboxylic acid groups (broad SMARTS) is 1. The molecule has 1 saturated carbocycles. The van der Waals surface area contributed by atoms with Gasteiger partial charge in [0, 0.05) is 19.6 Å². The second kappa shape index (κ2) is 7.62. The van der Waals surface area contributed by atoms with Crippen LogP contribution in [0, 0.1) is 0 Å².